The number of ketones is 1. The summed E-state index contributed by atoms with van der Waals surface area (Å²) in [5.41, 5.74) is 2.98. The van der Waals surface area contributed by atoms with Gasteiger partial charge in [0, 0.05) is 40.2 Å². The van der Waals surface area contributed by atoms with E-state index in [1.165, 1.54) is 24.3 Å². The first-order valence-corrected chi connectivity index (χ1v) is 15.0. The van der Waals surface area contributed by atoms with Crippen molar-refractivity contribution in [2.45, 2.75) is 43.5 Å². The predicted octanol–water partition coefficient (Wildman–Crippen LogP) is 5.49. The quantitative estimate of drug-likeness (QED) is 0.277. The summed E-state index contributed by atoms with van der Waals surface area (Å²) in [5.74, 6) is -0.0667. The Hall–Kier alpha value is -3.60. The van der Waals surface area contributed by atoms with Crippen molar-refractivity contribution in [2.75, 3.05) is 23.1 Å². The van der Waals surface area contributed by atoms with Crippen LogP contribution in [0.15, 0.2) is 53.6 Å². The Bertz CT molecular complexity index is 1770. The number of fused-ring (bicyclic) bond motifs is 2. The van der Waals surface area contributed by atoms with Crippen LogP contribution in [0.5, 0.6) is 0 Å². The van der Waals surface area contributed by atoms with Gasteiger partial charge in [-0.25, -0.2) is 22.8 Å². The summed E-state index contributed by atoms with van der Waals surface area (Å²) >= 11 is 6.16. The molecule has 206 valence electrons. The van der Waals surface area contributed by atoms with E-state index in [0.29, 0.717) is 40.7 Å². The maximum atomic E-state index is 15.2. The number of nitrogens with one attached hydrogen (secondary N) is 3. The first kappa shape index (κ1) is 26.6. The molecule has 0 bridgehead atoms. The molecule has 0 saturated carbocycles. The lowest BCUT2D eigenvalue weighted by atomic mass is 9.97. The van der Waals surface area contributed by atoms with Crippen LogP contribution in [0, 0.1) is 12.7 Å². The Labute approximate surface area is 236 Å². The van der Waals surface area contributed by atoms with E-state index in [0.717, 1.165) is 36.8 Å². The number of hydrogen-bond donors (Lipinski definition) is 3. The molecule has 1 fully saturated rings. The summed E-state index contributed by atoms with van der Waals surface area (Å²) in [6, 6.07) is 11.2. The van der Waals surface area contributed by atoms with Crippen LogP contribution in [-0.2, 0) is 16.4 Å². The van der Waals surface area contributed by atoms with Gasteiger partial charge in [-0.2, -0.15) is 0 Å². The Morgan fingerprint density at radius 1 is 1.07 bits per heavy atom. The minimum atomic E-state index is -4.11. The van der Waals surface area contributed by atoms with E-state index in [9.17, 15) is 13.2 Å². The molecular weight excluding hydrogens is 553 g/mol. The number of nitrogens with zero attached hydrogens (tertiary/aromatic N) is 2. The number of sulfonamides is 1. The lowest BCUT2D eigenvalue weighted by Gasteiger charge is -2.23. The SMILES string of the molecule is Cc1c(NS(=O)(=O)c2cc(Cl)cc3c2CCC3=O)ccc(F)c1-c1ccc2nc(NC3CCNCC3)ncc2c1. The Morgan fingerprint density at radius 3 is 2.67 bits per heavy atom. The van der Waals surface area contributed by atoms with Crippen molar-refractivity contribution in [3.8, 4) is 11.1 Å². The van der Waals surface area contributed by atoms with Crippen molar-refractivity contribution >= 4 is 49.9 Å². The van der Waals surface area contributed by atoms with Crippen molar-refractivity contribution < 1.29 is 17.6 Å². The van der Waals surface area contributed by atoms with Gasteiger partial charge in [0.1, 0.15) is 5.82 Å². The average Bonchev–Trinajstić information content (AvgIpc) is 3.30. The molecule has 3 aromatic carbocycles. The molecular formula is C29H27ClFN5O3S. The molecule has 0 spiro atoms. The molecule has 2 aliphatic rings. The molecule has 2 heterocycles. The maximum absolute atomic E-state index is 15.2. The number of hydrogen-bond acceptors (Lipinski definition) is 7. The van der Waals surface area contributed by atoms with Gasteiger partial charge in [0.2, 0.25) is 5.95 Å². The minimum Gasteiger partial charge on any atom is -0.351 e. The number of piperidine rings is 1. The number of rotatable bonds is 6. The monoisotopic (exact) mass is 579 g/mol. The highest BCUT2D eigenvalue weighted by Crippen LogP contribution is 2.36. The summed E-state index contributed by atoms with van der Waals surface area (Å²) < 4.78 is 44.7. The van der Waals surface area contributed by atoms with Crippen LogP contribution in [0.25, 0.3) is 22.0 Å². The van der Waals surface area contributed by atoms with E-state index in [-0.39, 0.29) is 33.4 Å². The van der Waals surface area contributed by atoms with Crippen LogP contribution in [0.3, 0.4) is 0 Å². The number of aromatic nitrogens is 2. The molecule has 11 heteroatoms. The van der Waals surface area contributed by atoms with E-state index in [1.54, 1.807) is 25.3 Å². The van der Waals surface area contributed by atoms with E-state index in [1.807, 2.05) is 6.07 Å². The highest BCUT2D eigenvalue weighted by molar-refractivity contribution is 7.92. The van der Waals surface area contributed by atoms with Gasteiger partial charge in [-0.05, 0) is 92.4 Å². The van der Waals surface area contributed by atoms with Crippen LogP contribution >= 0.6 is 11.6 Å². The molecule has 0 amide bonds. The fraction of sp³-hybridized carbons (Fsp3) is 0.276. The van der Waals surface area contributed by atoms with Crippen LogP contribution in [0.4, 0.5) is 16.0 Å². The summed E-state index contributed by atoms with van der Waals surface area (Å²) in [6.45, 7) is 3.57. The standard InChI is InChI=1S/C29H27ClFN5O3S/c1-16-24(36-40(38,39)27-14-19(30)13-22-21(27)3-7-26(22)37)6-4-23(31)28(16)17-2-5-25-18(12-17)15-33-29(35-25)34-20-8-10-32-11-9-20/h2,4-6,12-15,20,32,36H,3,7-11H2,1H3,(H,33,34,35). The lowest BCUT2D eigenvalue weighted by molar-refractivity contribution is 0.0994. The molecule has 0 unspecified atom stereocenters. The molecule has 3 N–H and O–H groups in total. The first-order chi connectivity index (χ1) is 19.2. The van der Waals surface area contributed by atoms with Gasteiger partial charge in [-0.15, -0.1) is 0 Å². The highest BCUT2D eigenvalue weighted by atomic mass is 35.5. The van der Waals surface area contributed by atoms with E-state index >= 15 is 4.39 Å². The normalized spacial score (nSPS) is 15.8. The molecule has 40 heavy (non-hydrogen) atoms. The Kier molecular flexibility index (Phi) is 6.93. The maximum Gasteiger partial charge on any atom is 0.262 e. The average molecular weight is 580 g/mol. The van der Waals surface area contributed by atoms with Gasteiger partial charge in [0.05, 0.1) is 16.1 Å². The zero-order chi connectivity index (χ0) is 28.0. The van der Waals surface area contributed by atoms with Gasteiger partial charge in [-0.1, -0.05) is 17.7 Å². The fourth-order valence-electron chi connectivity index (χ4n) is 5.48. The number of carbonyl (C=O) groups is 1. The molecule has 1 aliphatic heterocycles. The second-order valence-electron chi connectivity index (χ2n) is 10.2. The van der Waals surface area contributed by atoms with Gasteiger partial charge in [0.25, 0.3) is 10.0 Å². The van der Waals surface area contributed by atoms with Crippen LogP contribution in [0.2, 0.25) is 5.02 Å². The zero-order valence-corrected chi connectivity index (χ0v) is 23.3. The van der Waals surface area contributed by atoms with Crippen molar-refractivity contribution in [1.29, 1.82) is 0 Å². The van der Waals surface area contributed by atoms with E-state index in [2.05, 4.69) is 25.3 Å². The number of benzene rings is 3. The predicted molar refractivity (Wildman–Crippen MR) is 154 cm³/mol. The molecule has 0 atom stereocenters. The minimum absolute atomic E-state index is 0.0390. The summed E-state index contributed by atoms with van der Waals surface area (Å²) in [6.07, 6.45) is 4.26. The second-order valence-corrected chi connectivity index (χ2v) is 12.3. The zero-order valence-electron chi connectivity index (χ0n) is 21.7. The molecule has 1 saturated heterocycles. The Morgan fingerprint density at radius 2 is 1.88 bits per heavy atom. The summed E-state index contributed by atoms with van der Waals surface area (Å²) in [5, 5.41) is 7.62. The number of carbonyl (C=O) groups excluding carboxylic acids is 1. The molecule has 0 radical (unpaired) electrons. The van der Waals surface area contributed by atoms with Crippen molar-refractivity contribution in [3.05, 3.63) is 76.2 Å². The third-order valence-electron chi connectivity index (χ3n) is 7.57. The smallest absolute Gasteiger partial charge is 0.262 e. The van der Waals surface area contributed by atoms with E-state index < -0.39 is 15.8 Å². The first-order valence-electron chi connectivity index (χ1n) is 13.1. The highest BCUT2D eigenvalue weighted by Gasteiger charge is 2.29. The summed E-state index contributed by atoms with van der Waals surface area (Å²) in [4.78, 5) is 21.3. The fourth-order valence-corrected chi connectivity index (χ4v) is 7.20. The topological polar surface area (TPSA) is 113 Å². The van der Waals surface area contributed by atoms with Crippen molar-refractivity contribution in [3.63, 3.8) is 0 Å². The van der Waals surface area contributed by atoms with Gasteiger partial charge >= 0.3 is 0 Å². The molecule has 1 aliphatic carbocycles. The number of anilines is 2. The largest absolute Gasteiger partial charge is 0.351 e. The van der Waals surface area contributed by atoms with Gasteiger partial charge in [-0.3, -0.25) is 9.52 Å². The van der Waals surface area contributed by atoms with Crippen molar-refractivity contribution in [1.82, 2.24) is 15.3 Å². The van der Waals surface area contributed by atoms with Gasteiger partial charge < -0.3 is 10.6 Å². The molecule has 1 aromatic heterocycles. The second kappa shape index (κ2) is 10.4. The summed E-state index contributed by atoms with van der Waals surface area (Å²) in [7, 11) is -4.11. The van der Waals surface area contributed by atoms with Crippen LogP contribution in [0.1, 0.15) is 40.7 Å². The van der Waals surface area contributed by atoms with Crippen LogP contribution < -0.4 is 15.4 Å². The van der Waals surface area contributed by atoms with Gasteiger partial charge in [0.15, 0.2) is 5.78 Å². The molecule has 8 nitrogen and oxygen atoms in total. The lowest BCUT2D eigenvalue weighted by Crippen LogP contribution is -2.35. The number of halogens is 2. The third kappa shape index (κ3) is 5.02. The van der Waals surface area contributed by atoms with E-state index in [4.69, 9.17) is 11.6 Å². The van der Waals surface area contributed by atoms with Crippen LogP contribution in [-0.4, -0.2) is 43.3 Å². The molecule has 4 aromatic rings. The van der Waals surface area contributed by atoms with Crippen molar-refractivity contribution in [2.24, 2.45) is 0 Å². The third-order valence-corrected chi connectivity index (χ3v) is 9.22. The number of Topliss-reactive ketones (excluding diaryl/α,β-unsaturated/α-hetero) is 1. The Balaban J connectivity index is 1.32. The molecule has 6 rings (SSSR count).